The summed E-state index contributed by atoms with van der Waals surface area (Å²) in [7, 11) is 1.83. The van der Waals surface area contributed by atoms with Gasteiger partial charge in [-0.1, -0.05) is 6.92 Å². The molecule has 3 fully saturated rings. The van der Waals surface area contributed by atoms with E-state index in [9.17, 15) is 0 Å². The summed E-state index contributed by atoms with van der Waals surface area (Å²) < 4.78 is 17.8. The van der Waals surface area contributed by atoms with Crippen LogP contribution in [0.5, 0.6) is 0 Å². The summed E-state index contributed by atoms with van der Waals surface area (Å²) in [6, 6.07) is 0. The maximum absolute atomic E-state index is 6.35. The van der Waals surface area contributed by atoms with Gasteiger partial charge in [-0.15, -0.1) is 0 Å². The fourth-order valence-corrected chi connectivity index (χ4v) is 4.40. The second-order valence-electron chi connectivity index (χ2n) is 6.52. The van der Waals surface area contributed by atoms with Gasteiger partial charge in [0.25, 0.3) is 0 Å². The Kier molecular flexibility index (Phi) is 4.45. The molecule has 1 saturated heterocycles. The number of rotatable bonds is 4. The van der Waals surface area contributed by atoms with Crippen LogP contribution in [-0.4, -0.2) is 38.1 Å². The summed E-state index contributed by atoms with van der Waals surface area (Å²) in [6.07, 6.45) is 10.2. The molecule has 1 aliphatic heterocycles. The van der Waals surface area contributed by atoms with Crippen LogP contribution in [0.4, 0.5) is 0 Å². The molecule has 19 heavy (non-hydrogen) atoms. The third-order valence-corrected chi connectivity index (χ3v) is 5.38. The van der Waals surface area contributed by atoms with Crippen molar-refractivity contribution in [2.45, 2.75) is 76.3 Å². The summed E-state index contributed by atoms with van der Waals surface area (Å²) >= 11 is 0. The van der Waals surface area contributed by atoms with Gasteiger partial charge in [0.1, 0.15) is 0 Å². The first-order valence-corrected chi connectivity index (χ1v) is 8.11. The molecule has 0 bridgehead atoms. The van der Waals surface area contributed by atoms with Crippen molar-refractivity contribution in [3.05, 3.63) is 0 Å². The summed E-state index contributed by atoms with van der Waals surface area (Å²) in [6.45, 7) is 3.08. The van der Waals surface area contributed by atoms with Crippen molar-refractivity contribution >= 4 is 0 Å². The van der Waals surface area contributed by atoms with Crippen LogP contribution in [0, 0.1) is 11.8 Å². The fraction of sp³-hybridized carbons (Fsp3) is 1.00. The molecule has 0 aromatic carbocycles. The van der Waals surface area contributed by atoms with Gasteiger partial charge in [0.05, 0.1) is 24.4 Å². The molecule has 110 valence electrons. The van der Waals surface area contributed by atoms with Crippen LogP contribution in [0.2, 0.25) is 0 Å². The van der Waals surface area contributed by atoms with E-state index in [2.05, 4.69) is 6.92 Å². The Morgan fingerprint density at radius 3 is 2.21 bits per heavy atom. The third kappa shape index (κ3) is 2.84. The van der Waals surface area contributed by atoms with Crippen molar-refractivity contribution in [3.8, 4) is 0 Å². The Morgan fingerprint density at radius 1 is 0.947 bits per heavy atom. The Bertz CT molecular complexity index is 294. The van der Waals surface area contributed by atoms with E-state index in [0.717, 1.165) is 37.7 Å². The first-order chi connectivity index (χ1) is 9.31. The van der Waals surface area contributed by atoms with Crippen LogP contribution in [0.15, 0.2) is 0 Å². The Morgan fingerprint density at radius 2 is 1.58 bits per heavy atom. The van der Waals surface area contributed by atoms with Gasteiger partial charge in [-0.2, -0.15) is 0 Å². The predicted octanol–water partition coefficient (Wildman–Crippen LogP) is 3.16. The zero-order valence-electron chi connectivity index (χ0n) is 12.3. The number of fused-ring (bicyclic) bond motifs is 3. The molecule has 6 atom stereocenters. The molecule has 0 aromatic rings. The van der Waals surface area contributed by atoms with Crippen LogP contribution < -0.4 is 0 Å². The summed E-state index contributed by atoms with van der Waals surface area (Å²) in [5.74, 6) is 1.59. The molecule has 2 saturated carbocycles. The van der Waals surface area contributed by atoms with Crippen LogP contribution in [0.1, 0.15) is 51.9 Å². The molecule has 0 spiro atoms. The molecule has 6 unspecified atom stereocenters. The molecule has 1 heterocycles. The van der Waals surface area contributed by atoms with Crippen LogP contribution in [0.25, 0.3) is 0 Å². The maximum Gasteiger partial charge on any atom is 0.0635 e. The average Bonchev–Trinajstić information content (AvgIpc) is 2.81. The molecule has 3 nitrogen and oxygen atoms in total. The molecule has 0 amide bonds. The number of hydrogen-bond acceptors (Lipinski definition) is 3. The average molecular weight is 268 g/mol. The molecule has 0 radical (unpaired) electrons. The van der Waals surface area contributed by atoms with Gasteiger partial charge in [0, 0.05) is 26.6 Å². The zero-order valence-corrected chi connectivity index (χ0v) is 12.3. The monoisotopic (exact) mass is 268 g/mol. The second kappa shape index (κ2) is 6.11. The normalized spacial score (nSPS) is 45.8. The van der Waals surface area contributed by atoms with E-state index in [1.165, 1.54) is 25.7 Å². The predicted molar refractivity (Wildman–Crippen MR) is 74.2 cm³/mol. The van der Waals surface area contributed by atoms with Crippen LogP contribution in [0.3, 0.4) is 0 Å². The lowest BCUT2D eigenvalue weighted by Crippen LogP contribution is -2.35. The van der Waals surface area contributed by atoms with Crippen molar-refractivity contribution in [3.63, 3.8) is 0 Å². The quantitative estimate of drug-likeness (QED) is 0.784. The largest absolute Gasteiger partial charge is 0.381 e. The van der Waals surface area contributed by atoms with Crippen molar-refractivity contribution in [1.29, 1.82) is 0 Å². The minimum Gasteiger partial charge on any atom is -0.381 e. The van der Waals surface area contributed by atoms with Gasteiger partial charge < -0.3 is 14.2 Å². The molecule has 3 rings (SSSR count). The number of methoxy groups -OCH3 is 1. The lowest BCUT2D eigenvalue weighted by atomic mass is 9.72. The highest BCUT2D eigenvalue weighted by atomic mass is 16.5. The summed E-state index contributed by atoms with van der Waals surface area (Å²) in [5, 5.41) is 0. The Hall–Kier alpha value is -0.120. The lowest BCUT2D eigenvalue weighted by Gasteiger charge is -2.34. The van der Waals surface area contributed by atoms with Gasteiger partial charge in [-0.25, -0.2) is 0 Å². The molecule has 3 heteroatoms. The molecular formula is C16H28O3. The second-order valence-corrected chi connectivity index (χ2v) is 6.52. The van der Waals surface area contributed by atoms with Gasteiger partial charge in [-0.05, 0) is 43.9 Å². The van der Waals surface area contributed by atoms with Crippen LogP contribution in [-0.2, 0) is 14.2 Å². The Balaban J connectivity index is 1.57. The van der Waals surface area contributed by atoms with E-state index in [0.29, 0.717) is 24.4 Å². The minimum atomic E-state index is 0.425. The SMILES string of the molecule is CCCOC1CCC2C(C1)OC1CC(OC)CCC12. The highest BCUT2D eigenvalue weighted by Gasteiger charge is 2.49. The van der Waals surface area contributed by atoms with Crippen molar-refractivity contribution in [1.82, 2.24) is 0 Å². The topological polar surface area (TPSA) is 27.7 Å². The first kappa shape index (κ1) is 13.8. The van der Waals surface area contributed by atoms with E-state index in [1.807, 2.05) is 7.11 Å². The van der Waals surface area contributed by atoms with Crippen molar-refractivity contribution < 1.29 is 14.2 Å². The van der Waals surface area contributed by atoms with Gasteiger partial charge >= 0.3 is 0 Å². The molecule has 0 N–H and O–H groups in total. The number of hydrogen-bond donors (Lipinski definition) is 0. The summed E-state index contributed by atoms with van der Waals surface area (Å²) in [5.41, 5.74) is 0. The van der Waals surface area contributed by atoms with Crippen molar-refractivity contribution in [2.24, 2.45) is 11.8 Å². The molecule has 2 aliphatic carbocycles. The highest BCUT2D eigenvalue weighted by Crippen LogP contribution is 2.48. The maximum atomic E-state index is 6.35. The van der Waals surface area contributed by atoms with Gasteiger partial charge in [0.2, 0.25) is 0 Å². The molecule has 3 aliphatic rings. The van der Waals surface area contributed by atoms with E-state index in [-0.39, 0.29) is 0 Å². The Labute approximate surface area is 117 Å². The number of ether oxygens (including phenoxy) is 3. The standard InChI is InChI=1S/C16H28O3/c1-3-8-18-12-5-7-14-13-6-4-11(17-2)9-15(13)19-16(14)10-12/h11-16H,3-10H2,1-2H3. The fourth-order valence-electron chi connectivity index (χ4n) is 4.40. The smallest absolute Gasteiger partial charge is 0.0635 e. The van der Waals surface area contributed by atoms with E-state index in [4.69, 9.17) is 14.2 Å². The van der Waals surface area contributed by atoms with Crippen molar-refractivity contribution in [2.75, 3.05) is 13.7 Å². The lowest BCUT2D eigenvalue weighted by molar-refractivity contribution is -0.0619. The van der Waals surface area contributed by atoms with Gasteiger partial charge in [-0.3, -0.25) is 0 Å². The molecular weight excluding hydrogens is 240 g/mol. The van der Waals surface area contributed by atoms with Crippen LogP contribution >= 0.6 is 0 Å². The summed E-state index contributed by atoms with van der Waals surface area (Å²) in [4.78, 5) is 0. The van der Waals surface area contributed by atoms with E-state index in [1.54, 1.807) is 0 Å². The minimum absolute atomic E-state index is 0.425. The first-order valence-electron chi connectivity index (χ1n) is 8.11. The van der Waals surface area contributed by atoms with E-state index < -0.39 is 0 Å². The van der Waals surface area contributed by atoms with E-state index >= 15 is 0 Å². The third-order valence-electron chi connectivity index (χ3n) is 5.38. The highest BCUT2D eigenvalue weighted by molar-refractivity contribution is 4.97. The molecule has 0 aromatic heterocycles. The zero-order chi connectivity index (χ0) is 13.2. The van der Waals surface area contributed by atoms with Gasteiger partial charge in [0.15, 0.2) is 0 Å².